The van der Waals surface area contributed by atoms with Gasteiger partial charge in [0.25, 0.3) is 0 Å². The van der Waals surface area contributed by atoms with Crippen LogP contribution in [0.3, 0.4) is 0 Å². The van der Waals surface area contributed by atoms with E-state index in [0.29, 0.717) is 28.1 Å². The normalized spacial score (nSPS) is 21.4. The van der Waals surface area contributed by atoms with Crippen LogP contribution >= 0.6 is 39.1 Å². The van der Waals surface area contributed by atoms with E-state index in [0.717, 1.165) is 0 Å². The zero-order valence-electron chi connectivity index (χ0n) is 11.1. The van der Waals surface area contributed by atoms with Gasteiger partial charge in [0, 0.05) is 11.0 Å². The first kappa shape index (κ1) is 16.4. The maximum Gasteiger partial charge on any atom is 0.326 e. The van der Waals surface area contributed by atoms with Crippen molar-refractivity contribution in [1.29, 1.82) is 0 Å². The lowest BCUT2D eigenvalue weighted by Crippen LogP contribution is -2.44. The lowest BCUT2D eigenvalue weighted by Gasteiger charge is -2.24. The molecule has 5 nitrogen and oxygen atoms in total. The van der Waals surface area contributed by atoms with Gasteiger partial charge in [-0.05, 0) is 40.4 Å². The number of anilines is 1. The minimum atomic E-state index is -1.00. The lowest BCUT2D eigenvalue weighted by molar-refractivity contribution is -0.142. The van der Waals surface area contributed by atoms with Crippen LogP contribution in [0.2, 0.25) is 10.0 Å². The molecule has 1 fully saturated rings. The number of benzene rings is 1. The number of carboxylic acid groups (broad SMARTS) is 1. The fourth-order valence-electron chi connectivity index (χ4n) is 2.36. The number of carbonyl (C=O) groups excluding carboxylic acids is 1. The molecule has 2 unspecified atom stereocenters. The van der Waals surface area contributed by atoms with E-state index in [2.05, 4.69) is 21.2 Å². The van der Waals surface area contributed by atoms with Gasteiger partial charge in [-0.15, -0.1) is 0 Å². The first-order valence-corrected chi connectivity index (χ1v) is 7.81. The highest BCUT2D eigenvalue weighted by Crippen LogP contribution is 2.36. The van der Waals surface area contributed by atoms with Crippen molar-refractivity contribution in [1.82, 2.24) is 4.90 Å². The summed E-state index contributed by atoms with van der Waals surface area (Å²) in [5, 5.41) is 12.3. The van der Waals surface area contributed by atoms with Crippen LogP contribution in [0.1, 0.15) is 13.3 Å². The lowest BCUT2D eigenvalue weighted by atomic mass is 10.0. The van der Waals surface area contributed by atoms with Gasteiger partial charge in [-0.25, -0.2) is 9.59 Å². The molecule has 2 N–H and O–H groups in total. The monoisotopic (exact) mass is 394 g/mol. The molecule has 0 saturated carbocycles. The van der Waals surface area contributed by atoms with Gasteiger partial charge in [-0.3, -0.25) is 0 Å². The van der Waals surface area contributed by atoms with Crippen molar-refractivity contribution >= 4 is 56.8 Å². The minimum absolute atomic E-state index is 0.0859. The first-order valence-electron chi connectivity index (χ1n) is 6.27. The van der Waals surface area contributed by atoms with E-state index in [4.69, 9.17) is 23.2 Å². The van der Waals surface area contributed by atoms with Crippen LogP contribution in [0, 0.1) is 5.92 Å². The summed E-state index contributed by atoms with van der Waals surface area (Å²) in [5.74, 6) is -1.09. The van der Waals surface area contributed by atoms with Gasteiger partial charge in [0.1, 0.15) is 6.04 Å². The molecule has 2 amide bonds. The topological polar surface area (TPSA) is 69.6 Å². The Morgan fingerprint density at radius 1 is 1.38 bits per heavy atom. The average molecular weight is 396 g/mol. The molecule has 114 valence electrons. The molecule has 1 heterocycles. The molecule has 0 aromatic heterocycles. The smallest absolute Gasteiger partial charge is 0.326 e. The van der Waals surface area contributed by atoms with Gasteiger partial charge in [-0.1, -0.05) is 30.1 Å². The van der Waals surface area contributed by atoms with Crippen molar-refractivity contribution in [2.24, 2.45) is 5.92 Å². The van der Waals surface area contributed by atoms with Gasteiger partial charge < -0.3 is 15.3 Å². The van der Waals surface area contributed by atoms with E-state index >= 15 is 0 Å². The van der Waals surface area contributed by atoms with E-state index in [1.807, 2.05) is 6.92 Å². The number of nitrogens with zero attached hydrogens (tertiary/aromatic N) is 1. The van der Waals surface area contributed by atoms with Crippen LogP contribution in [0.15, 0.2) is 16.6 Å². The summed E-state index contributed by atoms with van der Waals surface area (Å²) < 4.78 is 0.616. The number of halogens is 3. The number of carbonyl (C=O) groups is 2. The summed E-state index contributed by atoms with van der Waals surface area (Å²) in [5.41, 5.74) is 0.346. The molecule has 1 aliphatic rings. The molecule has 0 bridgehead atoms. The summed E-state index contributed by atoms with van der Waals surface area (Å²) in [7, 11) is 0. The molecular formula is C13H13BrCl2N2O3. The van der Waals surface area contributed by atoms with Crippen molar-refractivity contribution in [2.45, 2.75) is 19.4 Å². The molecule has 1 saturated heterocycles. The largest absolute Gasteiger partial charge is 0.480 e. The second-order valence-corrected chi connectivity index (χ2v) is 6.51. The Kier molecular flexibility index (Phi) is 5.01. The van der Waals surface area contributed by atoms with E-state index in [-0.39, 0.29) is 10.9 Å². The Labute approximate surface area is 140 Å². The highest BCUT2D eigenvalue weighted by atomic mass is 79.9. The molecule has 1 aliphatic heterocycles. The van der Waals surface area contributed by atoms with Gasteiger partial charge in [0.2, 0.25) is 0 Å². The van der Waals surface area contributed by atoms with Crippen molar-refractivity contribution < 1.29 is 14.7 Å². The van der Waals surface area contributed by atoms with E-state index in [1.54, 1.807) is 12.1 Å². The standard InChI is InChI=1S/C13H13BrCl2N2O3/c1-6-4-5-18(11(6)12(19)20)13(21)17-8-3-2-7(14)9(15)10(8)16/h2-3,6,11H,4-5H2,1H3,(H,17,21)(H,19,20). The number of amides is 2. The van der Waals surface area contributed by atoms with Crippen LogP contribution in [-0.4, -0.2) is 34.6 Å². The van der Waals surface area contributed by atoms with Crippen LogP contribution < -0.4 is 5.32 Å². The summed E-state index contributed by atoms with van der Waals surface area (Å²) >= 11 is 15.3. The predicted octanol–water partition coefficient (Wildman–Crippen LogP) is 4.08. The number of rotatable bonds is 2. The number of hydrogen-bond donors (Lipinski definition) is 2. The van der Waals surface area contributed by atoms with Gasteiger partial charge in [0.05, 0.1) is 15.7 Å². The predicted molar refractivity (Wildman–Crippen MR) is 85.1 cm³/mol. The molecule has 2 atom stereocenters. The number of likely N-dealkylation sites (tertiary alicyclic amines) is 1. The second kappa shape index (κ2) is 6.42. The fraction of sp³-hybridized carbons (Fsp3) is 0.385. The third-order valence-electron chi connectivity index (χ3n) is 3.49. The number of carboxylic acids is 1. The highest BCUT2D eigenvalue weighted by molar-refractivity contribution is 9.10. The average Bonchev–Trinajstić information content (AvgIpc) is 2.81. The Morgan fingerprint density at radius 2 is 2.05 bits per heavy atom. The zero-order chi connectivity index (χ0) is 15.7. The highest BCUT2D eigenvalue weighted by Gasteiger charge is 2.39. The summed E-state index contributed by atoms with van der Waals surface area (Å²) in [6.45, 7) is 2.21. The maximum atomic E-state index is 12.3. The SMILES string of the molecule is CC1CCN(C(=O)Nc2ccc(Br)c(Cl)c2Cl)C1C(=O)O. The fourth-order valence-corrected chi connectivity index (χ4v) is 3.18. The van der Waals surface area contributed by atoms with Crippen molar-refractivity contribution in [3.63, 3.8) is 0 Å². The number of nitrogens with one attached hydrogen (secondary N) is 1. The number of hydrogen-bond acceptors (Lipinski definition) is 2. The molecule has 0 spiro atoms. The Balaban J connectivity index is 2.19. The third-order valence-corrected chi connectivity index (χ3v) is 5.26. The summed E-state index contributed by atoms with van der Waals surface area (Å²) in [6, 6.07) is 1.94. The maximum absolute atomic E-state index is 12.3. The number of urea groups is 1. The van der Waals surface area contributed by atoms with Crippen molar-refractivity contribution in [3.05, 3.63) is 26.7 Å². The molecule has 0 aliphatic carbocycles. The van der Waals surface area contributed by atoms with Crippen LogP contribution in [-0.2, 0) is 4.79 Å². The first-order chi connectivity index (χ1) is 9.82. The third kappa shape index (κ3) is 3.27. The summed E-state index contributed by atoms with van der Waals surface area (Å²) in [6.07, 6.45) is 0.652. The Hall–Kier alpha value is -0.980. The molecular weight excluding hydrogens is 383 g/mol. The molecule has 1 aromatic rings. The second-order valence-electron chi connectivity index (χ2n) is 4.90. The van der Waals surface area contributed by atoms with E-state index in [9.17, 15) is 14.7 Å². The van der Waals surface area contributed by atoms with Crippen molar-refractivity contribution in [3.8, 4) is 0 Å². The Bertz CT molecular complexity index is 597. The minimum Gasteiger partial charge on any atom is -0.480 e. The van der Waals surface area contributed by atoms with Gasteiger partial charge in [0.15, 0.2) is 0 Å². The zero-order valence-corrected chi connectivity index (χ0v) is 14.2. The van der Waals surface area contributed by atoms with Gasteiger partial charge in [-0.2, -0.15) is 0 Å². The van der Waals surface area contributed by atoms with Crippen LogP contribution in [0.4, 0.5) is 10.5 Å². The van der Waals surface area contributed by atoms with Crippen molar-refractivity contribution in [2.75, 3.05) is 11.9 Å². The quantitative estimate of drug-likeness (QED) is 0.741. The molecule has 21 heavy (non-hydrogen) atoms. The van der Waals surface area contributed by atoms with E-state index in [1.165, 1.54) is 4.90 Å². The summed E-state index contributed by atoms with van der Waals surface area (Å²) in [4.78, 5) is 24.8. The molecule has 2 rings (SSSR count). The molecule has 0 radical (unpaired) electrons. The van der Waals surface area contributed by atoms with Crippen LogP contribution in [0.5, 0.6) is 0 Å². The molecule has 1 aromatic carbocycles. The van der Waals surface area contributed by atoms with Crippen LogP contribution in [0.25, 0.3) is 0 Å². The van der Waals surface area contributed by atoms with Gasteiger partial charge >= 0.3 is 12.0 Å². The molecule has 8 heteroatoms. The Morgan fingerprint density at radius 3 is 2.67 bits per heavy atom. The number of aliphatic carboxylic acids is 1. The van der Waals surface area contributed by atoms with E-state index < -0.39 is 18.0 Å².